The minimum absolute atomic E-state index is 0.00131. The fourth-order valence-electron chi connectivity index (χ4n) is 8.87. The highest BCUT2D eigenvalue weighted by Gasteiger charge is 2.44. The smallest absolute Gasteiger partial charge is 0.245 e. The maximum Gasteiger partial charge on any atom is 0.245 e. The summed E-state index contributed by atoms with van der Waals surface area (Å²) in [4.78, 5) is 36.6. The molecule has 2 saturated carbocycles. The molecule has 4 atom stereocenters. The van der Waals surface area contributed by atoms with Crippen molar-refractivity contribution in [3.63, 3.8) is 0 Å². The maximum absolute atomic E-state index is 14.2. The fourth-order valence-corrected chi connectivity index (χ4v) is 9.00. The van der Waals surface area contributed by atoms with Crippen molar-refractivity contribution in [3.8, 4) is 0 Å². The van der Waals surface area contributed by atoms with Crippen molar-refractivity contribution < 1.29 is 9.59 Å². The first-order chi connectivity index (χ1) is 20.9. The van der Waals surface area contributed by atoms with Crippen LogP contribution in [0.4, 0.5) is 0 Å². The van der Waals surface area contributed by atoms with Gasteiger partial charge in [0.2, 0.25) is 11.8 Å². The van der Waals surface area contributed by atoms with Gasteiger partial charge in [-0.25, -0.2) is 4.98 Å². The minimum Gasteiger partial charge on any atom is -0.343 e. The Labute approximate surface area is 261 Å². The number of rotatable bonds is 8. The summed E-state index contributed by atoms with van der Waals surface area (Å²) in [6, 6.07) is 6.89. The fraction of sp³-hybridized carbons (Fsp3) is 0.706. The number of halogens is 1. The summed E-state index contributed by atoms with van der Waals surface area (Å²) < 4.78 is 1.99. The van der Waals surface area contributed by atoms with Crippen molar-refractivity contribution in [2.75, 3.05) is 26.7 Å². The van der Waals surface area contributed by atoms with Crippen molar-refractivity contribution in [3.05, 3.63) is 47.5 Å². The third kappa shape index (κ3) is 7.11. The number of amides is 2. The van der Waals surface area contributed by atoms with Crippen LogP contribution in [0.3, 0.4) is 0 Å². The van der Waals surface area contributed by atoms with E-state index in [0.29, 0.717) is 42.3 Å². The van der Waals surface area contributed by atoms with Gasteiger partial charge in [0, 0.05) is 37.6 Å². The number of carbonyl (C=O) groups excluding carboxylic acids is 2. The summed E-state index contributed by atoms with van der Waals surface area (Å²) >= 11 is 6.17. The third-order valence-corrected chi connectivity index (χ3v) is 11.7. The molecule has 4 unspecified atom stereocenters. The molecule has 0 spiro atoms. The van der Waals surface area contributed by atoms with E-state index < -0.39 is 6.04 Å². The molecule has 0 bridgehead atoms. The molecule has 8 nitrogen and oxygen atoms in total. The van der Waals surface area contributed by atoms with E-state index in [1.165, 1.54) is 57.8 Å². The number of carbonyl (C=O) groups is 2. The Kier molecular flexibility index (Phi) is 9.72. The van der Waals surface area contributed by atoms with Crippen LogP contribution in [-0.2, 0) is 22.6 Å². The van der Waals surface area contributed by atoms with Crippen LogP contribution in [0, 0.1) is 23.2 Å². The average molecular weight is 609 g/mol. The monoisotopic (exact) mass is 608 g/mol. The maximum atomic E-state index is 14.2. The van der Waals surface area contributed by atoms with Crippen LogP contribution in [0.25, 0.3) is 0 Å². The molecule has 1 N–H and O–H groups in total. The first-order valence-electron chi connectivity index (χ1n) is 16.8. The van der Waals surface area contributed by atoms with Gasteiger partial charge in [-0.2, -0.15) is 5.10 Å². The number of likely N-dealkylation sites (tertiary alicyclic amines) is 2. The van der Waals surface area contributed by atoms with Gasteiger partial charge < -0.3 is 10.2 Å². The Morgan fingerprint density at radius 1 is 1.00 bits per heavy atom. The zero-order valence-electron chi connectivity index (χ0n) is 25.8. The minimum atomic E-state index is -0.594. The molecule has 2 aromatic rings. The van der Waals surface area contributed by atoms with Crippen molar-refractivity contribution in [1.29, 1.82) is 0 Å². The second kappa shape index (κ2) is 13.7. The van der Waals surface area contributed by atoms with Gasteiger partial charge in [-0.1, -0.05) is 62.3 Å². The van der Waals surface area contributed by atoms with E-state index in [1.54, 1.807) is 6.33 Å². The largest absolute Gasteiger partial charge is 0.343 e. The highest BCUT2D eigenvalue weighted by Crippen LogP contribution is 2.47. The molecule has 43 heavy (non-hydrogen) atoms. The average Bonchev–Trinajstić information content (AvgIpc) is 3.54. The van der Waals surface area contributed by atoms with Crippen molar-refractivity contribution >= 4 is 23.4 Å². The number of piperidine rings is 2. The molecule has 3 heterocycles. The van der Waals surface area contributed by atoms with E-state index in [2.05, 4.69) is 27.3 Å². The molecule has 6 rings (SSSR count). The quantitative estimate of drug-likeness (QED) is 0.436. The molecule has 9 heteroatoms. The zero-order valence-corrected chi connectivity index (χ0v) is 26.6. The standard InChI is InChI=1S/C34H49ClN6O2/c1-39-21-27-8-6-5-7-26(27)20-31(39)32(42)38-30(19-25-11-13-29(35)14-12-25)33(43)40-17-15-34(16-18-40,22-41-24-36-23-37-41)28-9-3-2-4-10-28/h11-14,23-24,26-28,30-31H,2-10,15-22H2,1H3,(H,38,42). The lowest BCUT2D eigenvalue weighted by molar-refractivity contribution is -0.141. The van der Waals surface area contributed by atoms with Crippen LogP contribution in [0.1, 0.15) is 82.6 Å². The molecule has 2 aliphatic heterocycles. The number of hydrogen-bond acceptors (Lipinski definition) is 5. The number of aromatic nitrogens is 3. The first-order valence-corrected chi connectivity index (χ1v) is 17.1. The van der Waals surface area contributed by atoms with Crippen molar-refractivity contribution in [2.45, 2.75) is 102 Å². The highest BCUT2D eigenvalue weighted by molar-refractivity contribution is 6.30. The summed E-state index contributed by atoms with van der Waals surface area (Å²) in [5.74, 6) is 2.00. The second-order valence-electron chi connectivity index (χ2n) is 14.0. The Morgan fingerprint density at radius 2 is 1.70 bits per heavy atom. The molecule has 2 saturated heterocycles. The van der Waals surface area contributed by atoms with Gasteiger partial charge in [-0.3, -0.25) is 19.2 Å². The number of nitrogens with one attached hydrogen (secondary N) is 1. The van der Waals surface area contributed by atoms with E-state index in [0.717, 1.165) is 37.9 Å². The lowest BCUT2D eigenvalue weighted by atomic mass is 9.63. The SMILES string of the molecule is CN1CC2CCCCC2CC1C(=O)NC(Cc1ccc(Cl)cc1)C(=O)N1CCC(Cn2cncn2)(C2CCCCC2)CC1. The Morgan fingerprint density at radius 3 is 2.40 bits per heavy atom. The lowest BCUT2D eigenvalue weighted by Crippen LogP contribution is -2.59. The van der Waals surface area contributed by atoms with E-state index >= 15 is 0 Å². The van der Waals surface area contributed by atoms with Crippen LogP contribution in [0.5, 0.6) is 0 Å². The number of likely N-dealkylation sites (N-methyl/N-ethyl adjacent to an activating group) is 1. The highest BCUT2D eigenvalue weighted by atomic mass is 35.5. The van der Waals surface area contributed by atoms with E-state index in [9.17, 15) is 9.59 Å². The number of fused-ring (bicyclic) bond motifs is 1. The second-order valence-corrected chi connectivity index (χ2v) is 14.4. The number of hydrogen-bond donors (Lipinski definition) is 1. The molecule has 4 aliphatic rings. The summed E-state index contributed by atoms with van der Waals surface area (Å²) in [5, 5.41) is 8.39. The molecule has 2 amide bonds. The van der Waals surface area contributed by atoms with Gasteiger partial charge in [-0.15, -0.1) is 0 Å². The van der Waals surface area contributed by atoms with E-state index in [-0.39, 0.29) is 23.3 Å². The van der Waals surface area contributed by atoms with Crippen LogP contribution in [0.2, 0.25) is 5.02 Å². The molecule has 234 valence electrons. The van der Waals surface area contributed by atoms with Crippen molar-refractivity contribution in [1.82, 2.24) is 29.9 Å². The van der Waals surface area contributed by atoms with Gasteiger partial charge in [0.25, 0.3) is 0 Å². The topological polar surface area (TPSA) is 83.4 Å². The summed E-state index contributed by atoms with van der Waals surface area (Å²) in [6.07, 6.45) is 18.2. The molecule has 2 aliphatic carbocycles. The third-order valence-electron chi connectivity index (χ3n) is 11.4. The van der Waals surface area contributed by atoms with E-state index in [1.807, 2.05) is 40.2 Å². The Hall–Kier alpha value is -2.45. The Balaban J connectivity index is 1.16. The van der Waals surface area contributed by atoms with E-state index in [4.69, 9.17) is 11.6 Å². The van der Waals surface area contributed by atoms with Gasteiger partial charge in [0.1, 0.15) is 18.7 Å². The van der Waals surface area contributed by atoms with Crippen LogP contribution in [-0.4, -0.2) is 75.1 Å². The summed E-state index contributed by atoms with van der Waals surface area (Å²) in [5.41, 5.74) is 1.13. The van der Waals surface area contributed by atoms with Crippen molar-refractivity contribution in [2.24, 2.45) is 23.2 Å². The first kappa shape index (κ1) is 30.6. The van der Waals surface area contributed by atoms with Gasteiger partial charge in [-0.05, 0) is 86.4 Å². The predicted molar refractivity (Wildman–Crippen MR) is 168 cm³/mol. The van der Waals surface area contributed by atoms with Gasteiger partial charge in [0.15, 0.2) is 0 Å². The van der Waals surface area contributed by atoms with Gasteiger partial charge in [0.05, 0.1) is 6.04 Å². The molecule has 1 aromatic carbocycles. The van der Waals surface area contributed by atoms with Crippen LogP contribution < -0.4 is 5.32 Å². The zero-order chi connectivity index (χ0) is 29.8. The predicted octanol–water partition coefficient (Wildman–Crippen LogP) is 5.36. The summed E-state index contributed by atoms with van der Waals surface area (Å²) in [6.45, 7) is 3.26. The molecule has 1 aromatic heterocycles. The number of benzene rings is 1. The molecular weight excluding hydrogens is 560 g/mol. The molecule has 4 fully saturated rings. The van der Waals surface area contributed by atoms with Gasteiger partial charge >= 0.3 is 0 Å². The summed E-state index contributed by atoms with van der Waals surface area (Å²) in [7, 11) is 2.08. The lowest BCUT2D eigenvalue weighted by Gasteiger charge is -2.48. The van der Waals surface area contributed by atoms with Crippen LogP contribution >= 0.6 is 11.6 Å². The number of nitrogens with zero attached hydrogens (tertiary/aromatic N) is 5. The normalized spacial score (nSPS) is 27.3. The molecule has 0 radical (unpaired) electrons. The Bertz CT molecular complexity index is 1210. The molecular formula is C34H49ClN6O2. The van der Waals surface area contributed by atoms with Crippen LogP contribution in [0.15, 0.2) is 36.9 Å².